The fourth-order valence-electron chi connectivity index (χ4n) is 1.13. The largest absolute Gasteiger partial charge is 0.488 e. The summed E-state index contributed by atoms with van der Waals surface area (Å²) in [5.41, 5.74) is 2.48. The quantitative estimate of drug-likeness (QED) is 0.639. The van der Waals surface area contributed by atoms with Crippen molar-refractivity contribution in [1.82, 2.24) is 0 Å². The molecule has 0 saturated heterocycles. The minimum Gasteiger partial charge on any atom is -0.488 e. The van der Waals surface area contributed by atoms with Gasteiger partial charge in [0.1, 0.15) is 11.4 Å². The second-order valence-electron chi connectivity index (χ2n) is 4.46. The third-order valence-corrected chi connectivity index (χ3v) is 1.90. The van der Waals surface area contributed by atoms with E-state index in [0.717, 1.165) is 5.75 Å². The highest BCUT2D eigenvalue weighted by atomic mass is 16.5. The predicted molar refractivity (Wildman–Crippen MR) is 56.3 cm³/mol. The molecular weight excluding hydrogens is 160 g/mol. The molecule has 1 nitrogen and oxygen atoms in total. The zero-order valence-electron chi connectivity index (χ0n) is 9.14. The van der Waals surface area contributed by atoms with Gasteiger partial charge < -0.3 is 4.74 Å². The van der Waals surface area contributed by atoms with Crippen molar-refractivity contribution >= 4 is 0 Å². The molecule has 0 amide bonds. The number of benzene rings is 1. The molecule has 0 saturated carbocycles. The number of aryl methyl sites for hydroxylation is 2. The summed E-state index contributed by atoms with van der Waals surface area (Å²) in [7, 11) is 0. The SMILES string of the molecule is Cc1ccc(OC(C)(C)C)cc1C. The highest BCUT2D eigenvalue weighted by Gasteiger charge is 2.11. The van der Waals surface area contributed by atoms with Crippen molar-refractivity contribution in [3.8, 4) is 5.75 Å². The molecule has 1 rings (SSSR count). The van der Waals surface area contributed by atoms with Gasteiger partial charge in [0.15, 0.2) is 0 Å². The van der Waals surface area contributed by atoms with E-state index >= 15 is 0 Å². The van der Waals surface area contributed by atoms with E-state index in [1.807, 2.05) is 6.07 Å². The topological polar surface area (TPSA) is 9.23 Å². The number of hydrogen-bond donors (Lipinski definition) is 0. The molecule has 0 N–H and O–H groups in total. The van der Waals surface area contributed by atoms with E-state index < -0.39 is 0 Å². The Morgan fingerprint density at radius 3 is 2.08 bits per heavy atom. The van der Waals surface area contributed by atoms with Crippen LogP contribution in [0.15, 0.2) is 18.2 Å². The maximum atomic E-state index is 5.74. The lowest BCUT2D eigenvalue weighted by molar-refractivity contribution is 0.131. The second-order valence-corrected chi connectivity index (χ2v) is 4.46. The minimum atomic E-state index is -0.109. The second kappa shape index (κ2) is 3.41. The van der Waals surface area contributed by atoms with Gasteiger partial charge >= 0.3 is 0 Å². The van der Waals surface area contributed by atoms with E-state index in [-0.39, 0.29) is 5.60 Å². The monoisotopic (exact) mass is 178 g/mol. The van der Waals surface area contributed by atoms with Crippen molar-refractivity contribution in [2.45, 2.75) is 40.2 Å². The summed E-state index contributed by atoms with van der Waals surface area (Å²) in [6.07, 6.45) is 0. The first kappa shape index (κ1) is 10.1. The Bertz CT molecular complexity index is 294. The summed E-state index contributed by atoms with van der Waals surface area (Å²) < 4.78 is 5.74. The molecule has 0 unspecified atom stereocenters. The summed E-state index contributed by atoms with van der Waals surface area (Å²) in [6.45, 7) is 10.4. The van der Waals surface area contributed by atoms with E-state index in [0.29, 0.717) is 0 Å². The van der Waals surface area contributed by atoms with Crippen molar-refractivity contribution in [2.24, 2.45) is 0 Å². The Morgan fingerprint density at radius 1 is 1.00 bits per heavy atom. The molecule has 0 bridgehead atoms. The lowest BCUT2D eigenvalue weighted by Gasteiger charge is -2.21. The standard InChI is InChI=1S/C12H18O/c1-9-6-7-11(8-10(9)2)13-12(3,4)5/h6-8H,1-5H3. The van der Waals surface area contributed by atoms with Crippen LogP contribution in [-0.2, 0) is 0 Å². The zero-order chi connectivity index (χ0) is 10.1. The number of ether oxygens (including phenoxy) is 1. The Kier molecular flexibility index (Phi) is 2.65. The smallest absolute Gasteiger partial charge is 0.120 e. The lowest BCUT2D eigenvalue weighted by atomic mass is 10.1. The molecule has 0 aliphatic rings. The maximum Gasteiger partial charge on any atom is 0.120 e. The Hall–Kier alpha value is -0.980. The molecule has 0 aliphatic heterocycles. The van der Waals surface area contributed by atoms with Crippen LogP contribution in [0.2, 0.25) is 0 Å². The average molecular weight is 178 g/mol. The number of hydrogen-bond acceptors (Lipinski definition) is 1. The molecule has 0 heterocycles. The van der Waals surface area contributed by atoms with Crippen molar-refractivity contribution < 1.29 is 4.74 Å². The molecule has 0 spiro atoms. The van der Waals surface area contributed by atoms with Crippen LogP contribution in [0.4, 0.5) is 0 Å². The molecule has 1 heteroatoms. The molecule has 72 valence electrons. The molecule has 1 aromatic rings. The van der Waals surface area contributed by atoms with Crippen LogP contribution >= 0.6 is 0 Å². The molecular formula is C12H18O. The van der Waals surface area contributed by atoms with Crippen LogP contribution in [0.1, 0.15) is 31.9 Å². The van der Waals surface area contributed by atoms with Gasteiger partial charge in [-0.25, -0.2) is 0 Å². The molecule has 1 aromatic carbocycles. The van der Waals surface area contributed by atoms with Gasteiger partial charge in [0.2, 0.25) is 0 Å². The molecule has 13 heavy (non-hydrogen) atoms. The van der Waals surface area contributed by atoms with Crippen LogP contribution in [0.3, 0.4) is 0 Å². The van der Waals surface area contributed by atoms with Crippen molar-refractivity contribution in [3.05, 3.63) is 29.3 Å². The minimum absolute atomic E-state index is 0.109. The van der Waals surface area contributed by atoms with E-state index in [4.69, 9.17) is 4.74 Å². The molecule has 0 aliphatic carbocycles. The van der Waals surface area contributed by atoms with Gasteiger partial charge in [-0.1, -0.05) is 6.07 Å². The summed E-state index contributed by atoms with van der Waals surface area (Å²) in [6, 6.07) is 6.20. The first-order valence-corrected chi connectivity index (χ1v) is 4.65. The zero-order valence-corrected chi connectivity index (χ0v) is 9.14. The summed E-state index contributed by atoms with van der Waals surface area (Å²) in [5.74, 6) is 0.954. The van der Waals surface area contributed by atoms with Crippen LogP contribution in [0, 0.1) is 13.8 Å². The highest BCUT2D eigenvalue weighted by molar-refractivity contribution is 5.34. The fourth-order valence-corrected chi connectivity index (χ4v) is 1.13. The van der Waals surface area contributed by atoms with Gasteiger partial charge in [-0.2, -0.15) is 0 Å². The highest BCUT2D eigenvalue weighted by Crippen LogP contribution is 2.20. The fraction of sp³-hybridized carbons (Fsp3) is 0.500. The Balaban J connectivity index is 2.86. The molecule has 0 atom stereocenters. The lowest BCUT2D eigenvalue weighted by Crippen LogP contribution is -2.22. The Morgan fingerprint density at radius 2 is 1.62 bits per heavy atom. The Labute approximate surface area is 80.7 Å². The van der Waals surface area contributed by atoms with Crippen molar-refractivity contribution in [1.29, 1.82) is 0 Å². The third kappa shape index (κ3) is 3.10. The predicted octanol–water partition coefficient (Wildman–Crippen LogP) is 3.48. The van der Waals surface area contributed by atoms with Crippen LogP contribution < -0.4 is 4.74 Å². The summed E-state index contributed by atoms with van der Waals surface area (Å²) in [5, 5.41) is 0. The van der Waals surface area contributed by atoms with Crippen LogP contribution in [-0.4, -0.2) is 5.60 Å². The van der Waals surface area contributed by atoms with Gasteiger partial charge in [-0.15, -0.1) is 0 Å². The normalized spacial score (nSPS) is 11.5. The third-order valence-electron chi connectivity index (χ3n) is 1.90. The van der Waals surface area contributed by atoms with Gasteiger partial charge in [-0.05, 0) is 57.9 Å². The molecule has 0 aromatic heterocycles. The van der Waals surface area contributed by atoms with E-state index in [1.165, 1.54) is 11.1 Å². The van der Waals surface area contributed by atoms with Gasteiger partial charge in [-0.3, -0.25) is 0 Å². The van der Waals surface area contributed by atoms with Gasteiger partial charge in [0.25, 0.3) is 0 Å². The number of rotatable bonds is 1. The van der Waals surface area contributed by atoms with Crippen molar-refractivity contribution in [2.75, 3.05) is 0 Å². The van der Waals surface area contributed by atoms with Crippen molar-refractivity contribution in [3.63, 3.8) is 0 Å². The first-order chi connectivity index (χ1) is 5.88. The van der Waals surface area contributed by atoms with Crippen LogP contribution in [0.25, 0.3) is 0 Å². The maximum absolute atomic E-state index is 5.74. The first-order valence-electron chi connectivity index (χ1n) is 4.65. The van der Waals surface area contributed by atoms with Gasteiger partial charge in [0.05, 0.1) is 0 Å². The van der Waals surface area contributed by atoms with Crippen LogP contribution in [0.5, 0.6) is 5.75 Å². The molecule has 0 radical (unpaired) electrons. The van der Waals surface area contributed by atoms with Gasteiger partial charge in [0, 0.05) is 0 Å². The van der Waals surface area contributed by atoms with E-state index in [9.17, 15) is 0 Å². The van der Waals surface area contributed by atoms with E-state index in [2.05, 4.69) is 46.8 Å². The summed E-state index contributed by atoms with van der Waals surface area (Å²) in [4.78, 5) is 0. The van der Waals surface area contributed by atoms with E-state index in [1.54, 1.807) is 0 Å². The molecule has 0 fully saturated rings. The average Bonchev–Trinajstić information content (AvgIpc) is 1.94. The summed E-state index contributed by atoms with van der Waals surface area (Å²) >= 11 is 0.